The van der Waals surface area contributed by atoms with Crippen LogP contribution in [0.2, 0.25) is 0 Å². The fourth-order valence-electron chi connectivity index (χ4n) is 7.09. The maximum Gasteiger partial charge on any atom is 0.335 e. The molecule has 22 atom stereocenters. The zero-order chi connectivity index (χ0) is 54.6. The van der Waals surface area contributed by atoms with Crippen molar-refractivity contribution in [2.75, 3.05) is 40.6 Å². The van der Waals surface area contributed by atoms with Gasteiger partial charge in [0.2, 0.25) is 0 Å². The van der Waals surface area contributed by atoms with Crippen molar-refractivity contribution in [3.05, 3.63) is 24.3 Å². The molecule has 0 aromatic rings. The van der Waals surface area contributed by atoms with Crippen molar-refractivity contribution in [2.24, 2.45) is 11.8 Å². The molecule has 5 saturated heterocycles. The molecule has 30 nitrogen and oxygen atoms in total. The van der Waals surface area contributed by atoms with Crippen LogP contribution in [0.5, 0.6) is 0 Å². The predicted octanol–water partition coefficient (Wildman–Crippen LogP) is -5.56. The third-order valence-corrected chi connectivity index (χ3v) is 11.4. The lowest BCUT2D eigenvalue weighted by atomic mass is 9.90. The Bertz CT molecular complexity index is 1860. The van der Waals surface area contributed by atoms with Gasteiger partial charge in [-0.1, -0.05) is 27.0 Å². The molecule has 72 heavy (non-hydrogen) atoms. The Hall–Kier alpha value is -4.42. The van der Waals surface area contributed by atoms with Crippen LogP contribution in [0.4, 0.5) is 0 Å². The van der Waals surface area contributed by atoms with E-state index in [2.05, 4.69) is 13.2 Å². The second-order valence-electron chi connectivity index (χ2n) is 17.0. The number of rotatable bonds is 19. The van der Waals surface area contributed by atoms with Crippen molar-refractivity contribution < 1.29 is 147 Å². The minimum Gasteiger partial charge on any atom is -0.479 e. The first-order valence-corrected chi connectivity index (χ1v) is 21.8. The Morgan fingerprint density at radius 3 is 1.33 bits per heavy atom. The van der Waals surface area contributed by atoms with Crippen LogP contribution in [0.1, 0.15) is 27.7 Å². The number of hydrogen-bond donors (Lipinski definition) is 12. The number of carbonyl (C=O) groups is 6. The van der Waals surface area contributed by atoms with E-state index in [1.54, 1.807) is 6.92 Å². The van der Waals surface area contributed by atoms with E-state index in [4.69, 9.17) is 61.9 Å². The molecule has 0 bridgehead atoms. The van der Waals surface area contributed by atoms with Gasteiger partial charge in [0.05, 0.1) is 32.0 Å². The number of epoxide rings is 1. The van der Waals surface area contributed by atoms with E-state index in [0.29, 0.717) is 18.8 Å². The second kappa shape index (κ2) is 27.8. The summed E-state index contributed by atoms with van der Waals surface area (Å²) in [7, 11) is 2.25. The number of esters is 2. The highest BCUT2D eigenvalue weighted by Gasteiger charge is 2.56. The molecule has 0 amide bonds. The van der Waals surface area contributed by atoms with E-state index in [1.807, 2.05) is 0 Å². The summed E-state index contributed by atoms with van der Waals surface area (Å²) in [5.41, 5.74) is 0.469. The van der Waals surface area contributed by atoms with Crippen LogP contribution in [-0.4, -0.2) is 261 Å². The third-order valence-electron chi connectivity index (χ3n) is 11.4. The first-order chi connectivity index (χ1) is 33.6. The van der Waals surface area contributed by atoms with Gasteiger partial charge in [0.15, 0.2) is 49.6 Å². The predicted molar refractivity (Wildman–Crippen MR) is 226 cm³/mol. The fourth-order valence-corrected chi connectivity index (χ4v) is 7.09. The molecule has 5 aliphatic heterocycles. The Kier molecular flexibility index (Phi) is 23.8. The van der Waals surface area contributed by atoms with E-state index >= 15 is 0 Å². The molecule has 0 saturated carbocycles. The molecule has 12 N–H and O–H groups in total. The van der Waals surface area contributed by atoms with Crippen molar-refractivity contribution in [2.45, 2.75) is 151 Å². The number of aliphatic hydroxyl groups excluding tert-OH is 8. The zero-order valence-corrected chi connectivity index (χ0v) is 39.7. The van der Waals surface area contributed by atoms with Crippen LogP contribution in [0.3, 0.4) is 0 Å². The number of ether oxygens (including phenoxy) is 12. The molecule has 30 heteroatoms. The molecule has 5 aliphatic rings. The van der Waals surface area contributed by atoms with Gasteiger partial charge >= 0.3 is 35.8 Å². The van der Waals surface area contributed by atoms with Gasteiger partial charge in [0.25, 0.3) is 0 Å². The summed E-state index contributed by atoms with van der Waals surface area (Å²) in [4.78, 5) is 68.6. The number of methoxy groups -OCH3 is 2. The van der Waals surface area contributed by atoms with Crippen LogP contribution in [0, 0.1) is 11.8 Å². The highest BCUT2D eigenvalue weighted by Crippen LogP contribution is 2.34. The van der Waals surface area contributed by atoms with E-state index in [0.717, 1.165) is 14.2 Å². The van der Waals surface area contributed by atoms with Gasteiger partial charge < -0.3 is 118 Å². The van der Waals surface area contributed by atoms with Crippen LogP contribution < -0.4 is 0 Å². The number of aliphatic carboxylic acids is 4. The molecule has 0 aromatic heterocycles. The quantitative estimate of drug-likeness (QED) is 0.0326. The average Bonchev–Trinajstić information content (AvgIpc) is 4.16. The molecular weight excluding hydrogens is 984 g/mol. The lowest BCUT2D eigenvalue weighted by Crippen LogP contribution is -2.65. The Morgan fingerprint density at radius 1 is 0.556 bits per heavy atom. The first kappa shape index (κ1) is 61.9. The molecule has 0 spiro atoms. The number of hydrogen-bond acceptors (Lipinski definition) is 26. The van der Waals surface area contributed by atoms with E-state index < -0.39 is 172 Å². The lowest BCUT2D eigenvalue weighted by Gasteiger charge is -2.46. The third kappa shape index (κ3) is 16.0. The molecule has 5 rings (SSSR count). The molecule has 5 heterocycles. The monoisotopic (exact) mass is 1050 g/mol. The van der Waals surface area contributed by atoms with Gasteiger partial charge in [-0.2, -0.15) is 0 Å². The SMILES string of the molecule is C=C(C)C(=O)OC(CO)CO[C@@H]1C(O)[C@H](OC)OC(C(=O)O)[C@H]1O[C@@H]1OC(C(=O)O)[C@@H](C)[C@H](O)C1O.C=C(C)C(=O)OCC1CO1.CO[C@@H]1OC(C(=O)O)[C@@H](O[C@@H]2OC(C(=O)O)[C@@H](C)[C@H](O)C2O)[C@H](O)C1O. The molecule has 0 aliphatic carbocycles. The number of aliphatic hydroxyl groups is 8. The minimum absolute atomic E-state index is 0.0374. The largest absolute Gasteiger partial charge is 0.479 e. The fraction of sp³-hybridized carbons (Fsp3) is 0.762. The molecule has 0 radical (unpaired) electrons. The molecule has 5 fully saturated rings. The molecular formula is C42H64O30. The van der Waals surface area contributed by atoms with Gasteiger partial charge in [0, 0.05) is 37.2 Å². The second-order valence-corrected chi connectivity index (χ2v) is 17.0. The van der Waals surface area contributed by atoms with Crippen LogP contribution in [0.15, 0.2) is 24.3 Å². The maximum atomic E-state index is 11.9. The standard InChI is InChI=1S/C21H32O15.C14H22O12.C7H10O3/c1-7(2)19(30)33-9(5-22)6-32-14-12(25)20(31-4)36-16(18(28)29)15(14)35-21-11(24)10(23)8(3)13(34-21)17(26)27;1-3-4(15)6(17)14(24-8(3)11(19)20)25-9-5(16)7(18)13(23-2)26-10(9)12(21)22;1-5(2)7(8)10-4-6-3-9-6/h8-16,20-25H,1,5-6H2,2-4H3,(H,26,27)(H,28,29);3-10,13-18H,1-2H3,(H,19,20)(H,21,22);6H,1,3-4H2,2H3/t8-,9?,10-,11?,12?,13?,14+,15-,16?,20+,21-;3-,4-,5+,6?,7?,8?,9-,10?,13+,14-;/m00./s1. The summed E-state index contributed by atoms with van der Waals surface area (Å²) in [5, 5.41) is 119. The average molecular weight is 1050 g/mol. The number of carbonyl (C=O) groups excluding carboxylic acids is 2. The molecule has 412 valence electrons. The van der Waals surface area contributed by atoms with Crippen LogP contribution in [-0.2, 0) is 85.6 Å². The van der Waals surface area contributed by atoms with Gasteiger partial charge in [-0.25, -0.2) is 28.8 Å². The van der Waals surface area contributed by atoms with Crippen molar-refractivity contribution in [1.82, 2.24) is 0 Å². The number of carboxylic acids is 4. The van der Waals surface area contributed by atoms with E-state index in [-0.39, 0.29) is 17.6 Å². The maximum absolute atomic E-state index is 11.9. The summed E-state index contributed by atoms with van der Waals surface area (Å²) in [6.45, 7) is 12.3. The Balaban J connectivity index is 0.000000329. The highest BCUT2D eigenvalue weighted by molar-refractivity contribution is 5.87. The highest BCUT2D eigenvalue weighted by atomic mass is 16.8. The van der Waals surface area contributed by atoms with E-state index in [1.165, 1.54) is 20.8 Å². The minimum atomic E-state index is -1.88. The van der Waals surface area contributed by atoms with Crippen molar-refractivity contribution in [1.29, 1.82) is 0 Å². The normalized spacial score (nSPS) is 38.7. The van der Waals surface area contributed by atoms with E-state index in [9.17, 15) is 84.9 Å². The van der Waals surface area contributed by atoms with Crippen LogP contribution in [0.25, 0.3) is 0 Å². The van der Waals surface area contributed by atoms with Gasteiger partial charge in [-0.3, -0.25) is 0 Å². The van der Waals surface area contributed by atoms with Crippen molar-refractivity contribution in [3.8, 4) is 0 Å². The van der Waals surface area contributed by atoms with Crippen molar-refractivity contribution in [3.63, 3.8) is 0 Å². The smallest absolute Gasteiger partial charge is 0.335 e. The molecule has 10 unspecified atom stereocenters. The first-order valence-electron chi connectivity index (χ1n) is 21.8. The summed E-state index contributed by atoms with van der Waals surface area (Å²) < 4.78 is 61.3. The van der Waals surface area contributed by atoms with Gasteiger partial charge in [-0.15, -0.1) is 0 Å². The summed E-state index contributed by atoms with van der Waals surface area (Å²) >= 11 is 0. The van der Waals surface area contributed by atoms with Gasteiger partial charge in [-0.05, 0) is 13.8 Å². The summed E-state index contributed by atoms with van der Waals surface area (Å²) in [6, 6.07) is 0. The summed E-state index contributed by atoms with van der Waals surface area (Å²) in [6.07, 6.45) is -31.5. The zero-order valence-electron chi connectivity index (χ0n) is 39.7. The van der Waals surface area contributed by atoms with Gasteiger partial charge in [0.1, 0.15) is 67.6 Å². The number of carboxylic acid groups (broad SMARTS) is 4. The summed E-state index contributed by atoms with van der Waals surface area (Å²) in [5.74, 6) is -9.23. The lowest BCUT2D eigenvalue weighted by molar-refractivity contribution is -0.349. The molecule has 0 aromatic carbocycles. The Labute approximate surface area is 409 Å². The Morgan fingerprint density at radius 2 is 0.944 bits per heavy atom. The van der Waals surface area contributed by atoms with Crippen LogP contribution >= 0.6 is 0 Å². The topological polar surface area (TPSA) is 459 Å². The van der Waals surface area contributed by atoms with Crippen molar-refractivity contribution >= 4 is 35.8 Å².